The summed E-state index contributed by atoms with van der Waals surface area (Å²) < 4.78 is 5.25. The second-order valence-electron chi connectivity index (χ2n) is 4.63. The van der Waals surface area contributed by atoms with Crippen LogP contribution in [0.1, 0.15) is 11.5 Å². The molecule has 0 saturated heterocycles. The quantitative estimate of drug-likeness (QED) is 0.726. The van der Waals surface area contributed by atoms with Gasteiger partial charge in [0.1, 0.15) is 11.9 Å². The fraction of sp³-hybridized carbons (Fsp3) is 0.133. The van der Waals surface area contributed by atoms with Crippen LogP contribution in [0.4, 0.5) is 5.82 Å². The van der Waals surface area contributed by atoms with E-state index in [1.54, 1.807) is 24.5 Å². The van der Waals surface area contributed by atoms with Gasteiger partial charge in [-0.25, -0.2) is 4.98 Å². The first-order valence-electron chi connectivity index (χ1n) is 6.56. The molecule has 3 aromatic heterocycles. The Morgan fingerprint density at radius 3 is 2.86 bits per heavy atom. The van der Waals surface area contributed by atoms with Crippen LogP contribution < -0.4 is 4.90 Å². The van der Waals surface area contributed by atoms with Gasteiger partial charge in [0, 0.05) is 31.2 Å². The lowest BCUT2D eigenvalue weighted by atomic mass is 10.3. The molecule has 0 saturated carbocycles. The minimum absolute atomic E-state index is 0.423. The molecule has 22 heavy (non-hydrogen) atoms. The molecule has 3 heterocycles. The molecule has 0 spiro atoms. The zero-order valence-electron chi connectivity index (χ0n) is 11.8. The van der Waals surface area contributed by atoms with E-state index in [0.717, 1.165) is 11.4 Å². The number of rotatable bonds is 4. The molecular formula is C15H12N6O. The Morgan fingerprint density at radius 2 is 2.18 bits per heavy atom. The van der Waals surface area contributed by atoms with Crippen LogP contribution in [0.25, 0.3) is 11.4 Å². The summed E-state index contributed by atoms with van der Waals surface area (Å²) in [5, 5.41) is 12.7. The van der Waals surface area contributed by atoms with Crippen molar-refractivity contribution in [3.05, 3.63) is 54.3 Å². The van der Waals surface area contributed by atoms with Crippen molar-refractivity contribution < 1.29 is 4.52 Å². The van der Waals surface area contributed by atoms with Gasteiger partial charge in [-0.1, -0.05) is 5.16 Å². The predicted octanol–water partition coefficient (Wildman–Crippen LogP) is 2.03. The van der Waals surface area contributed by atoms with Crippen LogP contribution in [-0.2, 0) is 6.54 Å². The van der Waals surface area contributed by atoms with Crippen LogP contribution in [0, 0.1) is 11.3 Å². The highest BCUT2D eigenvalue weighted by Crippen LogP contribution is 2.16. The van der Waals surface area contributed by atoms with Crippen LogP contribution in [0.2, 0.25) is 0 Å². The molecule has 0 aliphatic heterocycles. The number of pyridine rings is 2. The van der Waals surface area contributed by atoms with E-state index in [1.165, 1.54) is 6.20 Å². The molecule has 0 fully saturated rings. The SMILES string of the molecule is CN(Cc1nc(-c2cccnc2)no1)c1ccc(C#N)cn1. The van der Waals surface area contributed by atoms with Gasteiger partial charge in [-0.15, -0.1) is 0 Å². The molecule has 0 unspecified atom stereocenters. The summed E-state index contributed by atoms with van der Waals surface area (Å²) in [4.78, 5) is 14.4. The van der Waals surface area contributed by atoms with Crippen LogP contribution in [0.5, 0.6) is 0 Å². The summed E-state index contributed by atoms with van der Waals surface area (Å²) in [7, 11) is 1.86. The van der Waals surface area contributed by atoms with Gasteiger partial charge in [0.05, 0.1) is 12.1 Å². The molecule has 0 N–H and O–H groups in total. The van der Waals surface area contributed by atoms with Gasteiger partial charge < -0.3 is 9.42 Å². The Kier molecular flexibility index (Phi) is 3.74. The minimum Gasteiger partial charge on any atom is -0.350 e. The summed E-state index contributed by atoms with van der Waals surface area (Å²) in [5.74, 6) is 1.71. The Hall–Kier alpha value is -3.27. The van der Waals surface area contributed by atoms with Gasteiger partial charge in [0.2, 0.25) is 11.7 Å². The average Bonchev–Trinajstić information content (AvgIpc) is 3.04. The topological polar surface area (TPSA) is 91.7 Å². The van der Waals surface area contributed by atoms with Crippen LogP contribution in [-0.4, -0.2) is 27.2 Å². The van der Waals surface area contributed by atoms with E-state index >= 15 is 0 Å². The van der Waals surface area contributed by atoms with Crippen molar-refractivity contribution in [2.45, 2.75) is 6.54 Å². The van der Waals surface area contributed by atoms with Crippen LogP contribution >= 0.6 is 0 Å². The van der Waals surface area contributed by atoms with Crippen LogP contribution in [0.3, 0.4) is 0 Å². The largest absolute Gasteiger partial charge is 0.350 e. The van der Waals surface area contributed by atoms with Gasteiger partial charge in [0.25, 0.3) is 0 Å². The monoisotopic (exact) mass is 292 g/mol. The van der Waals surface area contributed by atoms with Gasteiger partial charge in [-0.2, -0.15) is 10.2 Å². The molecule has 0 amide bonds. The van der Waals surface area contributed by atoms with Crippen LogP contribution in [0.15, 0.2) is 47.4 Å². The van der Waals surface area contributed by atoms with Gasteiger partial charge in [0.15, 0.2) is 0 Å². The van der Waals surface area contributed by atoms with Crippen molar-refractivity contribution in [1.82, 2.24) is 20.1 Å². The summed E-state index contributed by atoms with van der Waals surface area (Å²) >= 11 is 0. The van der Waals surface area contributed by atoms with E-state index in [9.17, 15) is 0 Å². The number of aromatic nitrogens is 4. The molecular weight excluding hydrogens is 280 g/mol. The third-order valence-corrected chi connectivity index (χ3v) is 3.03. The minimum atomic E-state index is 0.423. The molecule has 0 radical (unpaired) electrons. The number of anilines is 1. The second kappa shape index (κ2) is 6.01. The van der Waals surface area contributed by atoms with Crippen molar-refractivity contribution in [1.29, 1.82) is 5.26 Å². The standard InChI is InChI=1S/C15H12N6O/c1-21(13-5-4-11(7-16)8-18-13)10-14-19-15(20-22-14)12-3-2-6-17-9-12/h2-6,8-9H,10H2,1H3. The van der Waals surface area contributed by atoms with E-state index in [4.69, 9.17) is 9.78 Å². The lowest BCUT2D eigenvalue weighted by Crippen LogP contribution is -2.17. The first kappa shape index (κ1) is 13.7. The molecule has 0 aliphatic carbocycles. The van der Waals surface area contributed by atoms with E-state index in [0.29, 0.717) is 23.8 Å². The van der Waals surface area contributed by atoms with Gasteiger partial charge in [-0.05, 0) is 24.3 Å². The number of hydrogen-bond donors (Lipinski definition) is 0. The fourth-order valence-corrected chi connectivity index (χ4v) is 1.89. The highest BCUT2D eigenvalue weighted by atomic mass is 16.5. The van der Waals surface area contributed by atoms with Crippen molar-refractivity contribution in [3.8, 4) is 17.5 Å². The smallest absolute Gasteiger partial charge is 0.246 e. The zero-order chi connectivity index (χ0) is 15.4. The second-order valence-corrected chi connectivity index (χ2v) is 4.63. The Balaban J connectivity index is 1.73. The molecule has 0 bridgehead atoms. The molecule has 3 aromatic rings. The number of nitriles is 1. The summed E-state index contributed by atoms with van der Waals surface area (Å²) in [6.45, 7) is 0.423. The van der Waals surface area contributed by atoms with Gasteiger partial charge >= 0.3 is 0 Å². The third kappa shape index (κ3) is 2.91. The summed E-state index contributed by atoms with van der Waals surface area (Å²) in [5.41, 5.74) is 1.32. The average molecular weight is 292 g/mol. The molecule has 0 aromatic carbocycles. The Labute approximate surface area is 126 Å². The Morgan fingerprint density at radius 1 is 1.27 bits per heavy atom. The van der Waals surface area contributed by atoms with E-state index in [-0.39, 0.29) is 0 Å². The highest BCUT2D eigenvalue weighted by molar-refractivity contribution is 5.52. The number of hydrogen-bond acceptors (Lipinski definition) is 7. The van der Waals surface area contributed by atoms with E-state index in [2.05, 4.69) is 20.1 Å². The zero-order valence-corrected chi connectivity index (χ0v) is 11.8. The van der Waals surface area contributed by atoms with Crippen molar-refractivity contribution >= 4 is 5.82 Å². The van der Waals surface area contributed by atoms with E-state index < -0.39 is 0 Å². The summed E-state index contributed by atoms with van der Waals surface area (Å²) in [6.07, 6.45) is 4.90. The molecule has 7 heteroatoms. The lowest BCUT2D eigenvalue weighted by Gasteiger charge is -2.15. The molecule has 108 valence electrons. The third-order valence-electron chi connectivity index (χ3n) is 3.03. The molecule has 0 atom stereocenters. The van der Waals surface area contributed by atoms with Crippen molar-refractivity contribution in [2.75, 3.05) is 11.9 Å². The maximum Gasteiger partial charge on any atom is 0.246 e. The van der Waals surface area contributed by atoms with Crippen molar-refractivity contribution in [3.63, 3.8) is 0 Å². The maximum absolute atomic E-state index is 8.77. The first-order chi connectivity index (χ1) is 10.8. The predicted molar refractivity (Wildman–Crippen MR) is 78.6 cm³/mol. The lowest BCUT2D eigenvalue weighted by molar-refractivity contribution is 0.378. The highest BCUT2D eigenvalue weighted by Gasteiger charge is 2.12. The first-order valence-corrected chi connectivity index (χ1v) is 6.56. The molecule has 7 nitrogen and oxygen atoms in total. The number of nitrogens with zero attached hydrogens (tertiary/aromatic N) is 6. The molecule has 3 rings (SSSR count). The Bertz CT molecular complexity index is 791. The van der Waals surface area contributed by atoms with Gasteiger partial charge in [-0.3, -0.25) is 4.98 Å². The molecule has 0 aliphatic rings. The van der Waals surface area contributed by atoms with E-state index in [1.807, 2.05) is 30.1 Å². The fourth-order valence-electron chi connectivity index (χ4n) is 1.89. The van der Waals surface area contributed by atoms with Crippen molar-refractivity contribution in [2.24, 2.45) is 0 Å². The normalized spacial score (nSPS) is 10.2. The maximum atomic E-state index is 8.77. The summed E-state index contributed by atoms with van der Waals surface area (Å²) in [6, 6.07) is 9.21.